The smallest absolute Gasteiger partial charge is 0.261 e. The average molecular weight is 316 g/mol. The second kappa shape index (κ2) is 5.95. The molecule has 1 heterocycles. The van der Waals surface area contributed by atoms with Crippen LogP contribution in [0.4, 0.5) is 0 Å². The number of ketones is 1. The van der Waals surface area contributed by atoms with Gasteiger partial charge in [-0.3, -0.25) is 14.4 Å². The Morgan fingerprint density at radius 2 is 1.91 bits per heavy atom. The summed E-state index contributed by atoms with van der Waals surface area (Å²) in [7, 11) is 0. The van der Waals surface area contributed by atoms with Crippen molar-refractivity contribution in [3.63, 3.8) is 0 Å². The molecule has 0 bridgehead atoms. The van der Waals surface area contributed by atoms with Crippen LogP contribution in [0.1, 0.15) is 72.9 Å². The van der Waals surface area contributed by atoms with Gasteiger partial charge in [0.05, 0.1) is 0 Å². The van der Waals surface area contributed by atoms with E-state index in [9.17, 15) is 14.4 Å². The van der Waals surface area contributed by atoms with Crippen LogP contribution in [-0.4, -0.2) is 33.7 Å². The van der Waals surface area contributed by atoms with Gasteiger partial charge in [0.2, 0.25) is 0 Å². The molecule has 1 amide bonds. The molecule has 2 aliphatic rings. The molecule has 0 saturated heterocycles. The number of aromatic nitrogens is 1. The van der Waals surface area contributed by atoms with E-state index in [0.29, 0.717) is 30.0 Å². The highest BCUT2D eigenvalue weighted by molar-refractivity contribution is 6.01. The van der Waals surface area contributed by atoms with Gasteiger partial charge < -0.3 is 9.88 Å². The number of carbonyl (C=O) groups is 2. The number of hydrogen-bond donors (Lipinski definition) is 1. The average Bonchev–Trinajstić information content (AvgIpc) is 3.31. The van der Waals surface area contributed by atoms with Crippen LogP contribution >= 0.6 is 0 Å². The Kier molecular flexibility index (Phi) is 4.13. The minimum Gasteiger partial charge on any atom is -0.333 e. The summed E-state index contributed by atoms with van der Waals surface area (Å²) in [6.45, 7) is 6.18. The van der Waals surface area contributed by atoms with Gasteiger partial charge in [0.15, 0.2) is 5.78 Å². The van der Waals surface area contributed by atoms with Crippen LogP contribution in [0.25, 0.3) is 0 Å². The van der Waals surface area contributed by atoms with Crippen molar-refractivity contribution in [1.29, 1.82) is 0 Å². The number of aromatic amines is 1. The number of Topliss-reactive ketones (excluding diaryl/α,β-unsaturated/α-hetero) is 1. The Hall–Kier alpha value is -1.91. The van der Waals surface area contributed by atoms with Crippen molar-refractivity contribution in [2.24, 2.45) is 5.92 Å². The van der Waals surface area contributed by atoms with Crippen LogP contribution in [0, 0.1) is 5.92 Å². The Bertz CT molecular complexity index is 701. The molecule has 1 N–H and O–H groups in total. The predicted octanol–water partition coefficient (Wildman–Crippen LogP) is 2.54. The molecule has 124 valence electrons. The van der Waals surface area contributed by atoms with Gasteiger partial charge in [-0.25, -0.2) is 0 Å². The standard InChI is InChI=1S/C18H24N2O3/c1-10(2)11(3)20(12-7-8-12)18(23)14-9-13-15(19-17(14)22)5-4-6-16(13)21/h9-12H,4-8H2,1-3H3,(H,19,22)/t11-/m0/s1. The molecule has 1 aromatic heterocycles. The van der Waals surface area contributed by atoms with E-state index in [-0.39, 0.29) is 34.9 Å². The van der Waals surface area contributed by atoms with Crippen LogP contribution in [-0.2, 0) is 6.42 Å². The maximum absolute atomic E-state index is 13.0. The summed E-state index contributed by atoms with van der Waals surface area (Å²) in [6.07, 6.45) is 3.92. The first kappa shape index (κ1) is 16.0. The largest absolute Gasteiger partial charge is 0.333 e. The number of hydrogen-bond acceptors (Lipinski definition) is 3. The molecule has 0 unspecified atom stereocenters. The number of fused-ring (bicyclic) bond motifs is 1. The fraction of sp³-hybridized carbons (Fsp3) is 0.611. The predicted molar refractivity (Wildman–Crippen MR) is 87.8 cm³/mol. The molecule has 1 fully saturated rings. The molecule has 0 radical (unpaired) electrons. The lowest BCUT2D eigenvalue weighted by molar-refractivity contribution is 0.0626. The zero-order valence-corrected chi connectivity index (χ0v) is 14.0. The lowest BCUT2D eigenvalue weighted by Gasteiger charge is -2.32. The van der Waals surface area contributed by atoms with E-state index in [1.165, 1.54) is 6.07 Å². The molecule has 5 nitrogen and oxygen atoms in total. The SMILES string of the molecule is CC(C)[C@H](C)N(C(=O)c1cc2c([nH]c1=O)CCCC2=O)C1CC1. The molecule has 0 spiro atoms. The third-order valence-corrected chi connectivity index (χ3v) is 5.06. The lowest BCUT2D eigenvalue weighted by atomic mass is 9.93. The Labute approximate surface area is 136 Å². The van der Waals surface area contributed by atoms with Gasteiger partial charge in [0.1, 0.15) is 5.56 Å². The molecular weight excluding hydrogens is 292 g/mol. The zero-order chi connectivity index (χ0) is 16.7. The third kappa shape index (κ3) is 2.96. The van der Waals surface area contributed by atoms with Gasteiger partial charge in [-0.05, 0) is 44.6 Å². The van der Waals surface area contributed by atoms with E-state index in [1.54, 1.807) is 0 Å². The molecule has 1 aromatic rings. The van der Waals surface area contributed by atoms with Crippen molar-refractivity contribution in [3.05, 3.63) is 33.2 Å². The molecular formula is C18H24N2O3. The zero-order valence-electron chi connectivity index (χ0n) is 14.0. The number of nitrogens with one attached hydrogen (secondary N) is 1. The normalized spacial score (nSPS) is 18.7. The van der Waals surface area contributed by atoms with Crippen molar-refractivity contribution in [2.75, 3.05) is 0 Å². The Morgan fingerprint density at radius 3 is 2.52 bits per heavy atom. The monoisotopic (exact) mass is 316 g/mol. The van der Waals surface area contributed by atoms with E-state index < -0.39 is 0 Å². The summed E-state index contributed by atoms with van der Waals surface area (Å²) < 4.78 is 0. The van der Waals surface area contributed by atoms with Crippen molar-refractivity contribution in [2.45, 2.75) is 65.0 Å². The van der Waals surface area contributed by atoms with Crippen LogP contribution in [0.15, 0.2) is 10.9 Å². The first-order valence-electron chi connectivity index (χ1n) is 8.52. The van der Waals surface area contributed by atoms with Crippen molar-refractivity contribution in [3.8, 4) is 0 Å². The fourth-order valence-corrected chi connectivity index (χ4v) is 3.23. The summed E-state index contributed by atoms with van der Waals surface area (Å²) in [5.41, 5.74) is 0.938. The molecule has 0 aromatic carbocycles. The van der Waals surface area contributed by atoms with E-state index in [0.717, 1.165) is 19.3 Å². The first-order valence-corrected chi connectivity index (χ1v) is 8.52. The van der Waals surface area contributed by atoms with E-state index >= 15 is 0 Å². The number of amides is 1. The number of H-pyrrole nitrogens is 1. The van der Waals surface area contributed by atoms with E-state index in [2.05, 4.69) is 18.8 Å². The maximum Gasteiger partial charge on any atom is 0.261 e. The molecule has 5 heteroatoms. The van der Waals surface area contributed by atoms with Gasteiger partial charge in [0.25, 0.3) is 11.5 Å². The number of rotatable bonds is 4. The van der Waals surface area contributed by atoms with Crippen molar-refractivity contribution < 1.29 is 9.59 Å². The summed E-state index contributed by atoms with van der Waals surface area (Å²) in [5.74, 6) is 0.0976. The minimum absolute atomic E-state index is 0.0198. The molecule has 1 saturated carbocycles. The molecule has 23 heavy (non-hydrogen) atoms. The molecule has 3 rings (SSSR count). The first-order chi connectivity index (χ1) is 10.9. The number of carbonyl (C=O) groups excluding carboxylic acids is 2. The molecule has 0 aliphatic heterocycles. The topological polar surface area (TPSA) is 70.2 Å². The number of pyridine rings is 1. The highest BCUT2D eigenvalue weighted by Gasteiger charge is 2.38. The number of aryl methyl sites for hydroxylation is 1. The maximum atomic E-state index is 13.0. The van der Waals surface area contributed by atoms with Crippen LogP contribution < -0.4 is 5.56 Å². The second-order valence-electron chi connectivity index (χ2n) is 7.11. The van der Waals surface area contributed by atoms with Gasteiger partial charge in [0, 0.05) is 29.8 Å². The fourth-order valence-electron chi connectivity index (χ4n) is 3.23. The highest BCUT2D eigenvalue weighted by Crippen LogP contribution is 2.32. The summed E-state index contributed by atoms with van der Waals surface area (Å²) >= 11 is 0. The van der Waals surface area contributed by atoms with Gasteiger partial charge in [-0.2, -0.15) is 0 Å². The lowest BCUT2D eigenvalue weighted by Crippen LogP contribution is -2.45. The van der Waals surface area contributed by atoms with Crippen molar-refractivity contribution in [1.82, 2.24) is 9.88 Å². The summed E-state index contributed by atoms with van der Waals surface area (Å²) in [4.78, 5) is 42.0. The van der Waals surface area contributed by atoms with Gasteiger partial charge in [-0.15, -0.1) is 0 Å². The minimum atomic E-state index is -0.370. The van der Waals surface area contributed by atoms with Gasteiger partial charge in [-0.1, -0.05) is 13.8 Å². The Balaban J connectivity index is 2.00. The quantitative estimate of drug-likeness (QED) is 0.928. The van der Waals surface area contributed by atoms with Crippen LogP contribution in [0.2, 0.25) is 0 Å². The highest BCUT2D eigenvalue weighted by atomic mass is 16.2. The third-order valence-electron chi connectivity index (χ3n) is 5.06. The van der Waals surface area contributed by atoms with E-state index in [1.807, 2.05) is 11.8 Å². The van der Waals surface area contributed by atoms with Gasteiger partial charge >= 0.3 is 0 Å². The second-order valence-corrected chi connectivity index (χ2v) is 7.11. The molecule has 2 aliphatic carbocycles. The van der Waals surface area contributed by atoms with E-state index in [4.69, 9.17) is 0 Å². The number of nitrogens with zero attached hydrogens (tertiary/aromatic N) is 1. The van der Waals surface area contributed by atoms with Crippen LogP contribution in [0.5, 0.6) is 0 Å². The summed E-state index contributed by atoms with van der Waals surface area (Å²) in [6, 6.07) is 1.83. The summed E-state index contributed by atoms with van der Waals surface area (Å²) in [5, 5.41) is 0. The van der Waals surface area contributed by atoms with Crippen molar-refractivity contribution >= 4 is 11.7 Å². The molecule has 1 atom stereocenters. The Morgan fingerprint density at radius 1 is 1.22 bits per heavy atom. The van der Waals surface area contributed by atoms with Crippen LogP contribution in [0.3, 0.4) is 0 Å².